The van der Waals surface area contributed by atoms with Crippen LogP contribution in [0.15, 0.2) is 77.9 Å². The molecule has 0 saturated carbocycles. The number of nitrogens with one attached hydrogen (secondary N) is 1. The van der Waals surface area contributed by atoms with Gasteiger partial charge in [0.15, 0.2) is 0 Å². The molecule has 3 aromatic carbocycles. The van der Waals surface area contributed by atoms with Crippen molar-refractivity contribution in [3.05, 3.63) is 106 Å². The van der Waals surface area contributed by atoms with Crippen molar-refractivity contribution in [1.82, 2.24) is 9.97 Å². The van der Waals surface area contributed by atoms with Gasteiger partial charge in [-0.15, -0.1) is 0 Å². The third kappa shape index (κ3) is 4.06. The first-order chi connectivity index (χ1) is 16.0. The molecule has 0 aliphatic carbocycles. The largest absolute Gasteiger partial charge is 0.478 e. The smallest absolute Gasteiger partial charge is 0.335 e. The number of halogens is 2. The Morgan fingerprint density at radius 2 is 1.79 bits per heavy atom. The van der Waals surface area contributed by atoms with E-state index in [1.807, 2.05) is 6.07 Å². The quantitative estimate of drug-likeness (QED) is 0.408. The molecule has 5 rings (SSSR count). The van der Waals surface area contributed by atoms with E-state index in [-0.39, 0.29) is 17.9 Å². The van der Waals surface area contributed by atoms with Gasteiger partial charge in [-0.3, -0.25) is 4.99 Å². The number of carbonyl (C=O) groups is 1. The van der Waals surface area contributed by atoms with Crippen LogP contribution in [-0.2, 0) is 6.54 Å². The van der Waals surface area contributed by atoms with E-state index < -0.39 is 5.97 Å². The predicted molar refractivity (Wildman–Crippen MR) is 125 cm³/mol. The molecule has 1 aromatic heterocycles. The highest BCUT2D eigenvalue weighted by Crippen LogP contribution is 2.34. The highest BCUT2D eigenvalue weighted by molar-refractivity contribution is 6.31. The number of hydrogen-bond donors (Lipinski definition) is 2. The van der Waals surface area contributed by atoms with Gasteiger partial charge in [0.2, 0.25) is 5.95 Å². The second kappa shape index (κ2) is 8.44. The Morgan fingerprint density at radius 1 is 1.00 bits per heavy atom. The molecule has 0 radical (unpaired) electrons. The Kier molecular flexibility index (Phi) is 5.32. The fraction of sp³-hybridized carbons (Fsp3) is 0.0400. The molecular weight excluding hydrogens is 443 g/mol. The lowest BCUT2D eigenvalue weighted by Crippen LogP contribution is -2.07. The summed E-state index contributed by atoms with van der Waals surface area (Å²) >= 11 is 6.31. The van der Waals surface area contributed by atoms with Crippen LogP contribution in [0.5, 0.6) is 0 Å². The van der Waals surface area contributed by atoms with E-state index in [0.717, 1.165) is 16.7 Å². The van der Waals surface area contributed by atoms with E-state index >= 15 is 0 Å². The summed E-state index contributed by atoms with van der Waals surface area (Å²) in [5.41, 5.74) is 4.62. The van der Waals surface area contributed by atoms with Crippen molar-refractivity contribution < 1.29 is 14.3 Å². The summed E-state index contributed by atoms with van der Waals surface area (Å²) in [5, 5.41) is 12.7. The van der Waals surface area contributed by atoms with Gasteiger partial charge >= 0.3 is 5.97 Å². The molecule has 0 bridgehead atoms. The Hall–Kier alpha value is -4.10. The molecule has 0 amide bonds. The molecule has 0 saturated heterocycles. The van der Waals surface area contributed by atoms with Crippen molar-refractivity contribution in [2.45, 2.75) is 6.54 Å². The first kappa shape index (κ1) is 20.8. The zero-order valence-electron chi connectivity index (χ0n) is 17.1. The molecule has 1 aliphatic rings. The highest BCUT2D eigenvalue weighted by Gasteiger charge is 2.23. The maximum absolute atomic E-state index is 14.6. The van der Waals surface area contributed by atoms with Gasteiger partial charge in [-0.2, -0.15) is 0 Å². The number of aliphatic imine (C=N–C) groups is 1. The summed E-state index contributed by atoms with van der Waals surface area (Å²) in [6, 6.07) is 18.1. The maximum atomic E-state index is 14.6. The number of hydrogen-bond acceptors (Lipinski definition) is 5. The summed E-state index contributed by atoms with van der Waals surface area (Å²) in [4.78, 5) is 24.8. The van der Waals surface area contributed by atoms with E-state index in [0.29, 0.717) is 33.6 Å². The number of carboxylic acids is 1. The van der Waals surface area contributed by atoms with Crippen LogP contribution in [0.4, 0.5) is 16.0 Å². The Bertz CT molecular complexity index is 1420. The number of fused-ring (bicyclic) bond motifs is 3. The van der Waals surface area contributed by atoms with Crippen LogP contribution in [0.1, 0.15) is 27.0 Å². The SMILES string of the molecule is O=C(O)c1ccc(Nc2ncc3c(n2)-c2cc(Cl)ccc2C(c2ccccc2F)=NC3)cc1. The van der Waals surface area contributed by atoms with Crippen LogP contribution in [0.2, 0.25) is 5.02 Å². The number of aromatic carboxylic acids is 1. The maximum Gasteiger partial charge on any atom is 0.335 e. The lowest BCUT2D eigenvalue weighted by Gasteiger charge is -2.13. The molecule has 0 spiro atoms. The lowest BCUT2D eigenvalue weighted by atomic mass is 9.95. The molecule has 2 heterocycles. The lowest BCUT2D eigenvalue weighted by molar-refractivity contribution is 0.0697. The molecule has 0 fully saturated rings. The van der Waals surface area contributed by atoms with Crippen molar-refractivity contribution in [1.29, 1.82) is 0 Å². The van der Waals surface area contributed by atoms with Crippen LogP contribution < -0.4 is 5.32 Å². The van der Waals surface area contributed by atoms with Gasteiger partial charge in [0.05, 0.1) is 23.5 Å². The van der Waals surface area contributed by atoms with E-state index in [4.69, 9.17) is 21.7 Å². The Labute approximate surface area is 193 Å². The average Bonchev–Trinajstić information content (AvgIpc) is 2.96. The van der Waals surface area contributed by atoms with Gasteiger partial charge in [-0.05, 0) is 48.5 Å². The molecule has 4 aromatic rings. The van der Waals surface area contributed by atoms with Crippen LogP contribution in [0, 0.1) is 5.82 Å². The number of benzene rings is 3. The fourth-order valence-corrected chi connectivity index (χ4v) is 3.87. The zero-order valence-corrected chi connectivity index (χ0v) is 17.8. The van der Waals surface area contributed by atoms with Gasteiger partial charge in [0.25, 0.3) is 0 Å². The van der Waals surface area contributed by atoms with Gasteiger partial charge in [-0.25, -0.2) is 19.2 Å². The summed E-state index contributed by atoms with van der Waals surface area (Å²) in [5.74, 6) is -1.03. The minimum atomic E-state index is -0.998. The van der Waals surface area contributed by atoms with Crippen molar-refractivity contribution in [2.24, 2.45) is 4.99 Å². The molecule has 0 unspecified atom stereocenters. The third-order valence-corrected chi connectivity index (χ3v) is 5.52. The Morgan fingerprint density at radius 3 is 2.55 bits per heavy atom. The monoisotopic (exact) mass is 458 g/mol. The first-order valence-corrected chi connectivity index (χ1v) is 10.4. The number of carboxylic acid groups (broad SMARTS) is 1. The number of anilines is 2. The fourth-order valence-electron chi connectivity index (χ4n) is 3.69. The van der Waals surface area contributed by atoms with Crippen molar-refractivity contribution in [3.8, 4) is 11.3 Å². The minimum Gasteiger partial charge on any atom is -0.478 e. The number of rotatable bonds is 4. The molecular formula is C25H16ClFN4O2. The topological polar surface area (TPSA) is 87.5 Å². The highest BCUT2D eigenvalue weighted by atomic mass is 35.5. The second-order valence-electron chi connectivity index (χ2n) is 7.41. The van der Waals surface area contributed by atoms with Gasteiger partial charge in [-0.1, -0.05) is 29.8 Å². The molecule has 1 aliphatic heterocycles. The third-order valence-electron chi connectivity index (χ3n) is 5.28. The zero-order chi connectivity index (χ0) is 22.9. The molecule has 33 heavy (non-hydrogen) atoms. The number of aromatic nitrogens is 2. The van der Waals surface area contributed by atoms with E-state index in [1.165, 1.54) is 18.2 Å². The summed E-state index contributed by atoms with van der Waals surface area (Å²) in [6.45, 7) is 0.277. The standard InChI is InChI=1S/C25H16ClFN4O2/c26-16-7-10-18-20(11-16)22-15(12-28-23(18)19-3-1-2-4-21(19)27)13-29-25(31-22)30-17-8-5-14(6-9-17)24(32)33/h1-11,13H,12H2,(H,32,33)(H,29,30,31). The Balaban J connectivity index is 1.58. The molecule has 0 atom stereocenters. The average molecular weight is 459 g/mol. The number of nitrogens with zero attached hydrogens (tertiary/aromatic N) is 3. The van der Waals surface area contributed by atoms with E-state index in [2.05, 4.69) is 15.3 Å². The van der Waals surface area contributed by atoms with Crippen LogP contribution in [0.25, 0.3) is 11.3 Å². The molecule has 8 heteroatoms. The van der Waals surface area contributed by atoms with Crippen LogP contribution in [-0.4, -0.2) is 26.8 Å². The summed E-state index contributed by atoms with van der Waals surface area (Å²) < 4.78 is 14.6. The van der Waals surface area contributed by atoms with Crippen LogP contribution >= 0.6 is 11.6 Å². The first-order valence-electron chi connectivity index (χ1n) is 10.1. The molecule has 6 nitrogen and oxygen atoms in total. The predicted octanol–water partition coefficient (Wildman–Crippen LogP) is 5.73. The second-order valence-corrected chi connectivity index (χ2v) is 7.85. The van der Waals surface area contributed by atoms with Gasteiger partial charge < -0.3 is 10.4 Å². The van der Waals surface area contributed by atoms with Gasteiger partial charge in [0, 0.05) is 39.2 Å². The van der Waals surface area contributed by atoms with Crippen molar-refractivity contribution in [2.75, 3.05) is 5.32 Å². The summed E-state index contributed by atoms with van der Waals surface area (Å²) in [6.07, 6.45) is 1.68. The van der Waals surface area contributed by atoms with Crippen molar-refractivity contribution >= 4 is 34.9 Å². The molecule has 162 valence electrons. The van der Waals surface area contributed by atoms with E-state index in [1.54, 1.807) is 48.7 Å². The van der Waals surface area contributed by atoms with Crippen molar-refractivity contribution in [3.63, 3.8) is 0 Å². The molecule has 2 N–H and O–H groups in total. The van der Waals surface area contributed by atoms with Gasteiger partial charge in [0.1, 0.15) is 5.82 Å². The minimum absolute atomic E-state index is 0.185. The van der Waals surface area contributed by atoms with E-state index in [9.17, 15) is 9.18 Å². The normalized spacial score (nSPS) is 12.2. The summed E-state index contributed by atoms with van der Waals surface area (Å²) in [7, 11) is 0. The van der Waals surface area contributed by atoms with Crippen LogP contribution in [0.3, 0.4) is 0 Å².